The minimum atomic E-state index is -2.95. The van der Waals surface area contributed by atoms with E-state index in [1.54, 1.807) is 0 Å². The molecule has 0 rings (SSSR count). The smallest absolute Gasteiger partial charge is 0.545 e. The van der Waals surface area contributed by atoms with Crippen LogP contribution >= 0.6 is 0 Å². The average molecular weight is 113 g/mol. The van der Waals surface area contributed by atoms with E-state index in [2.05, 4.69) is 0 Å². The third-order valence-electron chi connectivity index (χ3n) is 0.204. The zero-order chi connectivity index (χ0) is 9.23. The van der Waals surface area contributed by atoms with Crippen molar-refractivity contribution in [3.8, 4) is 0 Å². The molecular formula is C4H5NaO2. The van der Waals surface area contributed by atoms with E-state index >= 15 is 0 Å². The summed E-state index contributed by atoms with van der Waals surface area (Å²) in [7, 11) is 0. The fourth-order valence-electron chi connectivity index (χ4n) is 0. The number of carboxylic acid groups (broad SMARTS) is 1. The van der Waals surface area contributed by atoms with Crippen molar-refractivity contribution in [2.75, 3.05) is 0 Å². The van der Waals surface area contributed by atoms with E-state index in [-0.39, 0.29) is 29.6 Å². The van der Waals surface area contributed by atoms with Gasteiger partial charge < -0.3 is 9.90 Å². The van der Waals surface area contributed by atoms with Crippen molar-refractivity contribution in [1.82, 2.24) is 0 Å². The van der Waals surface area contributed by atoms with Crippen molar-refractivity contribution < 1.29 is 46.3 Å². The van der Waals surface area contributed by atoms with Crippen molar-refractivity contribution in [3.63, 3.8) is 0 Å². The molecule has 0 atom stereocenters. The van der Waals surface area contributed by atoms with Gasteiger partial charge in [-0.25, -0.2) is 0 Å². The Morgan fingerprint density at radius 3 is 2.71 bits per heavy atom. The first kappa shape index (κ1) is 2.67. The fourth-order valence-corrected chi connectivity index (χ4v) is 0. The van der Waals surface area contributed by atoms with Gasteiger partial charge in [0.15, 0.2) is 0 Å². The molecule has 7 heavy (non-hydrogen) atoms. The predicted molar refractivity (Wildman–Crippen MR) is 19.8 cm³/mol. The van der Waals surface area contributed by atoms with Crippen LogP contribution < -0.4 is 34.7 Å². The van der Waals surface area contributed by atoms with Crippen molar-refractivity contribution in [1.29, 1.82) is 0 Å². The molecular weight excluding hydrogens is 103 g/mol. The second-order valence-electron chi connectivity index (χ2n) is 0.662. The van der Waals surface area contributed by atoms with Gasteiger partial charge in [0.25, 0.3) is 0 Å². The normalized spacial score (nSPS) is 18.0. The Labute approximate surface area is 71.5 Å². The van der Waals surface area contributed by atoms with Crippen LogP contribution in [0.3, 0.4) is 0 Å². The molecule has 0 bridgehead atoms. The molecule has 0 heterocycles. The Morgan fingerprint density at radius 2 is 2.71 bits per heavy atom. The fraction of sp³-hybridized carbons (Fsp3) is 0.250. The maximum Gasteiger partial charge on any atom is 1.00 e. The standard InChI is InChI=1S/C4H6O2.Na/c1-3(2)4(5)6;/h1H2,2H3,(H,5,6);/q;+1/p-1/i1D2,2D3;. The molecule has 34 valence electrons. The number of aliphatic carboxylic acids is 1. The zero-order valence-electron chi connectivity index (χ0n) is 8.82. The summed E-state index contributed by atoms with van der Waals surface area (Å²) in [4.78, 5) is 10.0. The maximum absolute atomic E-state index is 10.0. The molecule has 3 heteroatoms. The van der Waals surface area contributed by atoms with E-state index in [0.29, 0.717) is 0 Å². The Hall–Kier alpha value is 0.210. The second kappa shape index (κ2) is 4.37. The number of hydrogen-bond donors (Lipinski definition) is 0. The maximum atomic E-state index is 10.0. The molecule has 0 N–H and O–H groups in total. The largest absolute Gasteiger partial charge is 1.00 e. The van der Waals surface area contributed by atoms with Crippen LogP contribution in [0, 0.1) is 0 Å². The van der Waals surface area contributed by atoms with Crippen molar-refractivity contribution in [2.24, 2.45) is 0 Å². The van der Waals surface area contributed by atoms with Gasteiger partial charge >= 0.3 is 29.6 Å². The molecule has 0 saturated heterocycles. The van der Waals surface area contributed by atoms with Gasteiger partial charge in [-0.3, -0.25) is 0 Å². The molecule has 2 nitrogen and oxygen atoms in total. The third kappa shape index (κ3) is 6.21. The quantitative estimate of drug-likeness (QED) is 0.259. The summed E-state index contributed by atoms with van der Waals surface area (Å²) in [5.41, 5.74) is -1.27. The number of carboxylic acids is 1. The van der Waals surface area contributed by atoms with E-state index in [4.69, 9.17) is 6.85 Å². The molecule has 0 amide bonds. The molecule has 0 fully saturated rings. The molecule has 0 aliphatic carbocycles. The molecule has 0 aliphatic heterocycles. The number of carbonyl (C=O) groups is 1. The van der Waals surface area contributed by atoms with Crippen LogP contribution in [-0.4, -0.2) is 5.97 Å². The zero-order valence-corrected chi connectivity index (χ0v) is 5.82. The van der Waals surface area contributed by atoms with Crippen LogP contribution in [0.1, 0.15) is 13.7 Å². The molecule has 0 aliphatic rings. The first-order chi connectivity index (χ1) is 4.76. The van der Waals surface area contributed by atoms with Crippen molar-refractivity contribution >= 4 is 5.97 Å². The summed E-state index contributed by atoms with van der Waals surface area (Å²) < 4.78 is 32.7. The summed E-state index contributed by atoms with van der Waals surface area (Å²) in [5, 5.41) is 10.0. The van der Waals surface area contributed by atoms with Gasteiger partial charge in [-0.2, -0.15) is 0 Å². The Bertz CT molecular complexity index is 204. The van der Waals surface area contributed by atoms with Crippen LogP contribution in [0.15, 0.2) is 12.1 Å². The van der Waals surface area contributed by atoms with Gasteiger partial charge in [0.05, 0.1) is 8.71 Å². The second-order valence-corrected chi connectivity index (χ2v) is 0.662. The summed E-state index contributed by atoms with van der Waals surface area (Å²) in [6, 6.07) is 0. The molecule has 0 aromatic rings. The number of rotatable bonds is 1. The van der Waals surface area contributed by atoms with E-state index in [1.165, 1.54) is 0 Å². The Balaban J connectivity index is 0. The van der Waals surface area contributed by atoms with Crippen molar-refractivity contribution in [2.45, 2.75) is 6.85 Å². The van der Waals surface area contributed by atoms with Crippen LogP contribution in [0.4, 0.5) is 0 Å². The van der Waals surface area contributed by atoms with Gasteiger partial charge in [-0.05, 0) is 12.4 Å². The number of carbonyl (C=O) groups excluding carboxylic acids is 1. The van der Waals surface area contributed by atoms with Crippen LogP contribution in [0.5, 0.6) is 0 Å². The summed E-state index contributed by atoms with van der Waals surface area (Å²) in [6.07, 6.45) is 0. The van der Waals surface area contributed by atoms with Crippen molar-refractivity contribution in [3.05, 3.63) is 12.1 Å². The predicted octanol–water partition coefficient (Wildman–Crippen LogP) is -3.68. The summed E-state index contributed by atoms with van der Waals surface area (Å²) in [5.74, 6) is -2.00. The topological polar surface area (TPSA) is 40.1 Å². The minimum absolute atomic E-state index is 0. The van der Waals surface area contributed by atoms with Gasteiger partial charge in [-0.1, -0.05) is 6.53 Å². The van der Waals surface area contributed by atoms with E-state index < -0.39 is 24.9 Å². The van der Waals surface area contributed by atoms with E-state index in [9.17, 15) is 9.90 Å². The Kier molecular flexibility index (Phi) is 1.67. The van der Waals surface area contributed by atoms with E-state index in [1.807, 2.05) is 0 Å². The monoisotopic (exact) mass is 113 g/mol. The SMILES string of the molecule is [2H]C([2H])=C(C(=O)[O-])C([2H])([2H])[2H].[Na+]. The van der Waals surface area contributed by atoms with Gasteiger partial charge in [0.1, 0.15) is 0 Å². The van der Waals surface area contributed by atoms with Gasteiger partial charge in [0.2, 0.25) is 0 Å². The molecule has 0 aromatic heterocycles. The molecule has 0 unspecified atom stereocenters. The van der Waals surface area contributed by atoms with Crippen LogP contribution in [0.2, 0.25) is 0 Å². The third-order valence-corrected chi connectivity index (χ3v) is 0.204. The Morgan fingerprint density at radius 1 is 2.14 bits per heavy atom. The molecule has 0 aromatic carbocycles. The average Bonchev–Trinajstić information content (AvgIpc) is 1.54. The van der Waals surface area contributed by atoms with Gasteiger partial charge in [0, 0.05) is 4.11 Å². The summed E-state index contributed by atoms with van der Waals surface area (Å²) in [6.45, 7) is -4.19. The molecule has 0 saturated carbocycles. The van der Waals surface area contributed by atoms with Gasteiger partial charge in [-0.15, -0.1) is 0 Å². The summed E-state index contributed by atoms with van der Waals surface area (Å²) >= 11 is 0. The van der Waals surface area contributed by atoms with Crippen LogP contribution in [0.25, 0.3) is 0 Å². The first-order valence-electron chi connectivity index (χ1n) is 3.66. The van der Waals surface area contributed by atoms with E-state index in [0.717, 1.165) is 0 Å². The molecule has 0 spiro atoms. The molecule has 0 radical (unpaired) electrons. The first-order valence-corrected chi connectivity index (χ1v) is 1.16. The minimum Gasteiger partial charge on any atom is -0.545 e. The number of hydrogen-bond acceptors (Lipinski definition) is 2. The van der Waals surface area contributed by atoms with Crippen LogP contribution in [-0.2, 0) is 4.79 Å².